The summed E-state index contributed by atoms with van der Waals surface area (Å²) in [5, 5.41) is 11.8. The maximum absolute atomic E-state index is 13.4. The molecule has 1 atom stereocenters. The number of carbonyl (C=O) groups is 1. The normalized spacial score (nSPS) is 12.2. The van der Waals surface area contributed by atoms with Crippen molar-refractivity contribution in [1.82, 2.24) is 14.8 Å². The maximum Gasteiger partial charge on any atom is 0.234 e. The van der Waals surface area contributed by atoms with Crippen molar-refractivity contribution < 1.29 is 18.5 Å². The third-order valence-corrected chi connectivity index (χ3v) is 5.39. The second-order valence-corrected chi connectivity index (χ2v) is 7.74. The highest BCUT2D eigenvalue weighted by Crippen LogP contribution is 2.24. The van der Waals surface area contributed by atoms with Gasteiger partial charge in [0.1, 0.15) is 17.7 Å². The molecule has 0 radical (unpaired) electrons. The van der Waals surface area contributed by atoms with Crippen LogP contribution in [0.15, 0.2) is 53.7 Å². The summed E-state index contributed by atoms with van der Waals surface area (Å²) in [5.74, 6) is -0.127. The minimum Gasteiger partial charge on any atom is -0.331 e. The van der Waals surface area contributed by atoms with E-state index in [0.29, 0.717) is 10.8 Å². The van der Waals surface area contributed by atoms with Crippen molar-refractivity contribution in [2.24, 2.45) is 0 Å². The van der Waals surface area contributed by atoms with E-state index in [9.17, 15) is 13.6 Å². The van der Waals surface area contributed by atoms with Gasteiger partial charge in [0.25, 0.3) is 0 Å². The fourth-order valence-corrected chi connectivity index (χ4v) is 3.37. The van der Waals surface area contributed by atoms with Crippen LogP contribution in [0.5, 0.6) is 0 Å². The predicted octanol–water partition coefficient (Wildman–Crippen LogP) is 2.48. The number of anilines is 1. The van der Waals surface area contributed by atoms with Gasteiger partial charge in [0.2, 0.25) is 5.91 Å². The van der Waals surface area contributed by atoms with E-state index in [1.54, 1.807) is 12.1 Å². The zero-order valence-electron chi connectivity index (χ0n) is 16.3. The van der Waals surface area contributed by atoms with Crippen LogP contribution in [-0.2, 0) is 4.79 Å². The Labute approximate surface area is 171 Å². The van der Waals surface area contributed by atoms with Gasteiger partial charge in [-0.3, -0.25) is 9.36 Å². The van der Waals surface area contributed by atoms with Crippen LogP contribution in [0, 0.1) is 11.6 Å². The average molecular weight is 418 g/mol. The molecular weight excluding hydrogens is 396 g/mol. The first kappa shape index (κ1) is 20.9. The van der Waals surface area contributed by atoms with Gasteiger partial charge in [0.15, 0.2) is 11.0 Å². The largest absolute Gasteiger partial charge is 0.331 e. The van der Waals surface area contributed by atoms with Crippen LogP contribution >= 0.6 is 11.8 Å². The molecule has 1 aromatic heterocycles. The summed E-state index contributed by atoms with van der Waals surface area (Å²) in [6.07, 6.45) is 0. The molecule has 29 heavy (non-hydrogen) atoms. The summed E-state index contributed by atoms with van der Waals surface area (Å²) in [6.45, 7) is 2.02. The van der Waals surface area contributed by atoms with Crippen molar-refractivity contribution in [2.45, 2.75) is 18.1 Å². The van der Waals surface area contributed by atoms with E-state index in [1.807, 2.05) is 25.6 Å². The van der Waals surface area contributed by atoms with E-state index in [1.165, 1.54) is 48.2 Å². The highest BCUT2D eigenvalue weighted by Gasteiger charge is 2.23. The Morgan fingerprint density at radius 1 is 1.07 bits per heavy atom. The maximum atomic E-state index is 13.4. The minimum absolute atomic E-state index is 0.0370. The van der Waals surface area contributed by atoms with Gasteiger partial charge < -0.3 is 10.2 Å². The predicted molar refractivity (Wildman–Crippen MR) is 108 cm³/mol. The monoisotopic (exact) mass is 418 g/mol. The van der Waals surface area contributed by atoms with Crippen LogP contribution in [0.4, 0.5) is 14.5 Å². The van der Waals surface area contributed by atoms with E-state index in [4.69, 9.17) is 0 Å². The second-order valence-electron chi connectivity index (χ2n) is 6.80. The zero-order valence-corrected chi connectivity index (χ0v) is 17.1. The number of halogens is 2. The first-order valence-electron chi connectivity index (χ1n) is 9.04. The van der Waals surface area contributed by atoms with E-state index < -0.39 is 0 Å². The molecule has 1 heterocycles. The molecular formula is C20H22F2N5OS+. The van der Waals surface area contributed by atoms with Crippen LogP contribution in [0.2, 0.25) is 0 Å². The Balaban J connectivity index is 1.80. The average Bonchev–Trinajstić information content (AvgIpc) is 3.12. The van der Waals surface area contributed by atoms with E-state index >= 15 is 0 Å². The Kier molecular flexibility index (Phi) is 6.60. The standard InChI is InChI=1S/C20H21F2N5OS/c1-13(26(2)3)19-24-25-20(27(19)17-10-6-15(22)7-11-17)29-12-18(28)23-16-8-4-14(21)5-9-16/h4-11,13H,12H2,1-3H3,(H,23,28)/p+1/t13-/m0/s1. The van der Waals surface area contributed by atoms with Crippen LogP contribution in [0.1, 0.15) is 18.8 Å². The summed E-state index contributed by atoms with van der Waals surface area (Å²) in [6, 6.07) is 11.7. The fourth-order valence-electron chi connectivity index (χ4n) is 2.61. The Morgan fingerprint density at radius 3 is 2.24 bits per heavy atom. The van der Waals surface area contributed by atoms with Crippen molar-refractivity contribution in [2.75, 3.05) is 25.2 Å². The number of aromatic nitrogens is 3. The molecule has 0 saturated carbocycles. The lowest BCUT2D eigenvalue weighted by molar-refractivity contribution is -0.890. The van der Waals surface area contributed by atoms with Gasteiger partial charge in [0, 0.05) is 11.4 Å². The molecule has 0 saturated heterocycles. The molecule has 2 N–H and O–H groups in total. The summed E-state index contributed by atoms with van der Waals surface area (Å²) in [7, 11) is 4.02. The van der Waals surface area contributed by atoms with Gasteiger partial charge >= 0.3 is 0 Å². The van der Waals surface area contributed by atoms with Gasteiger partial charge in [-0.05, 0) is 55.5 Å². The number of nitrogens with zero attached hydrogens (tertiary/aromatic N) is 3. The SMILES string of the molecule is C[C@@H](c1nnc(SCC(=O)Nc2ccc(F)cc2)n1-c1ccc(F)cc1)[NH+](C)C. The number of quaternary nitrogens is 1. The zero-order chi connectivity index (χ0) is 21.0. The van der Waals surface area contributed by atoms with E-state index in [-0.39, 0.29) is 29.3 Å². The summed E-state index contributed by atoms with van der Waals surface area (Å²) < 4.78 is 28.2. The Morgan fingerprint density at radius 2 is 1.66 bits per heavy atom. The Hall–Kier alpha value is -2.78. The van der Waals surface area contributed by atoms with Gasteiger partial charge in [-0.2, -0.15) is 0 Å². The number of benzene rings is 2. The third kappa shape index (κ3) is 5.18. The van der Waals surface area contributed by atoms with Gasteiger partial charge in [-0.1, -0.05) is 11.8 Å². The molecule has 9 heteroatoms. The number of amides is 1. The first-order valence-corrected chi connectivity index (χ1v) is 10.0. The number of nitrogens with one attached hydrogen (secondary N) is 2. The topological polar surface area (TPSA) is 64.2 Å². The van der Waals surface area contributed by atoms with Crippen LogP contribution in [0.3, 0.4) is 0 Å². The molecule has 0 aliphatic rings. The quantitative estimate of drug-likeness (QED) is 0.579. The number of carbonyl (C=O) groups excluding carboxylic acids is 1. The van der Waals surface area contributed by atoms with Crippen molar-refractivity contribution >= 4 is 23.4 Å². The number of rotatable bonds is 7. The lowest BCUT2D eigenvalue weighted by Crippen LogP contribution is -3.05. The lowest BCUT2D eigenvalue weighted by atomic mass is 10.2. The molecule has 1 amide bonds. The molecule has 0 aliphatic heterocycles. The molecule has 3 rings (SSSR count). The summed E-state index contributed by atoms with van der Waals surface area (Å²) in [4.78, 5) is 13.4. The van der Waals surface area contributed by atoms with Crippen LogP contribution in [0.25, 0.3) is 5.69 Å². The molecule has 2 aromatic carbocycles. The molecule has 6 nitrogen and oxygen atoms in total. The van der Waals surface area contributed by atoms with Gasteiger partial charge in [-0.15, -0.1) is 10.2 Å². The highest BCUT2D eigenvalue weighted by molar-refractivity contribution is 7.99. The van der Waals surface area contributed by atoms with Crippen molar-refractivity contribution in [3.8, 4) is 5.69 Å². The number of thioether (sulfide) groups is 1. The smallest absolute Gasteiger partial charge is 0.234 e. The molecule has 152 valence electrons. The van der Waals surface area contributed by atoms with Crippen LogP contribution < -0.4 is 10.2 Å². The summed E-state index contributed by atoms with van der Waals surface area (Å²) in [5.41, 5.74) is 1.24. The fraction of sp³-hybridized carbons (Fsp3) is 0.250. The molecule has 0 aliphatic carbocycles. The Bertz CT molecular complexity index is 974. The molecule has 0 unspecified atom stereocenters. The van der Waals surface area contributed by atoms with Crippen molar-refractivity contribution in [3.63, 3.8) is 0 Å². The summed E-state index contributed by atoms with van der Waals surface area (Å²) >= 11 is 1.23. The molecule has 0 bridgehead atoms. The molecule has 3 aromatic rings. The highest BCUT2D eigenvalue weighted by atomic mass is 32.2. The third-order valence-electron chi connectivity index (χ3n) is 4.46. The first-order chi connectivity index (χ1) is 13.8. The van der Waals surface area contributed by atoms with E-state index in [2.05, 4.69) is 15.5 Å². The van der Waals surface area contributed by atoms with Gasteiger partial charge in [0.05, 0.1) is 19.8 Å². The van der Waals surface area contributed by atoms with Crippen molar-refractivity contribution in [1.29, 1.82) is 0 Å². The number of hydrogen-bond acceptors (Lipinski definition) is 4. The molecule has 0 spiro atoms. The van der Waals surface area contributed by atoms with Crippen molar-refractivity contribution in [3.05, 3.63) is 66.0 Å². The minimum atomic E-state index is -0.366. The van der Waals surface area contributed by atoms with Crippen LogP contribution in [-0.4, -0.2) is 40.5 Å². The van der Waals surface area contributed by atoms with E-state index in [0.717, 1.165) is 16.4 Å². The number of hydrogen-bond donors (Lipinski definition) is 2. The second kappa shape index (κ2) is 9.15. The molecule has 0 fully saturated rings. The lowest BCUT2D eigenvalue weighted by Gasteiger charge is -2.18. The van der Waals surface area contributed by atoms with Gasteiger partial charge in [-0.25, -0.2) is 8.78 Å².